The second-order valence-corrected chi connectivity index (χ2v) is 13.0. The molecule has 43 heavy (non-hydrogen) atoms. The third-order valence-electron chi connectivity index (χ3n) is 9.26. The molecule has 2 fully saturated rings. The molecule has 2 aliphatic carbocycles. The molecule has 4 heterocycles. The van der Waals surface area contributed by atoms with Crippen molar-refractivity contribution in [3.05, 3.63) is 93.1 Å². The number of carbonyl (C=O) groups excluding carboxylic acids is 3. The number of nitrogens with zero attached hydrogens (tertiary/aromatic N) is 2. The molecule has 2 N–H and O–H groups in total. The van der Waals surface area contributed by atoms with Gasteiger partial charge in [0.25, 0.3) is 11.8 Å². The van der Waals surface area contributed by atoms with Gasteiger partial charge in [0.05, 0.1) is 5.41 Å². The second-order valence-electron chi connectivity index (χ2n) is 11.7. The van der Waals surface area contributed by atoms with Crippen molar-refractivity contribution in [2.24, 2.45) is 5.92 Å². The molecule has 0 bridgehead atoms. The highest BCUT2D eigenvalue weighted by atomic mass is 32.1. The Morgan fingerprint density at radius 1 is 1.09 bits per heavy atom. The van der Waals surface area contributed by atoms with Crippen LogP contribution < -0.4 is 10.2 Å². The number of aromatic amines is 1. The van der Waals surface area contributed by atoms with E-state index < -0.39 is 0 Å². The number of aromatic nitrogens is 1. The Labute approximate surface area is 252 Å². The quantitative estimate of drug-likeness (QED) is 0.225. The summed E-state index contributed by atoms with van der Waals surface area (Å²) in [6.07, 6.45) is 2.67. The molecule has 2 aromatic carbocycles. The van der Waals surface area contributed by atoms with E-state index >= 15 is 0 Å². The SMILES string of the molecule is CCN(CC)c1ccc2oc(C(=O)Nc3ccc4[nH]c(C(=O)N5CC6CC67C5=CC(=O)c5cc(C)sc57)cc4c3)cc2c1. The normalized spacial score (nSPS) is 20.2. The van der Waals surface area contributed by atoms with E-state index in [1.54, 1.807) is 34.4 Å². The van der Waals surface area contributed by atoms with Crippen LogP contribution in [0.4, 0.5) is 11.4 Å². The van der Waals surface area contributed by atoms with Crippen molar-refractivity contribution in [1.29, 1.82) is 0 Å². The number of amides is 2. The van der Waals surface area contributed by atoms with Crippen molar-refractivity contribution in [3.8, 4) is 0 Å². The Kier molecular flexibility index (Phi) is 5.56. The summed E-state index contributed by atoms with van der Waals surface area (Å²) in [6.45, 7) is 8.66. The molecular weight excluding hydrogens is 560 g/mol. The Morgan fingerprint density at radius 3 is 2.74 bits per heavy atom. The summed E-state index contributed by atoms with van der Waals surface area (Å²) in [5.74, 6) is 0.0793. The minimum Gasteiger partial charge on any atom is -0.451 e. The van der Waals surface area contributed by atoms with Gasteiger partial charge in [-0.3, -0.25) is 14.4 Å². The van der Waals surface area contributed by atoms with Crippen LogP contribution in [0.15, 0.2) is 70.8 Å². The molecule has 5 aromatic rings. The summed E-state index contributed by atoms with van der Waals surface area (Å²) in [7, 11) is 0. The van der Waals surface area contributed by atoms with E-state index in [0.717, 1.165) is 62.5 Å². The van der Waals surface area contributed by atoms with Crippen LogP contribution in [-0.2, 0) is 5.41 Å². The van der Waals surface area contributed by atoms with Crippen molar-refractivity contribution in [2.75, 3.05) is 29.9 Å². The molecule has 1 saturated heterocycles. The number of furan rings is 1. The zero-order valence-corrected chi connectivity index (χ0v) is 24.9. The Bertz CT molecular complexity index is 2040. The molecule has 0 radical (unpaired) electrons. The standard InChI is InChI=1S/C34H30N4O4S/c1-4-37(5-2)23-7-9-28-20(12-23)14-29(42-28)32(40)35-22-6-8-25-19(11-22)13-26(36-25)33(41)38-17-21-16-34(21)30(38)15-27(39)24-10-18(3)43-31(24)34/h6-15,21,36H,4-5,16-17H2,1-3H3,(H,35,40). The molecule has 2 amide bonds. The molecule has 2 atom stereocenters. The van der Waals surface area contributed by atoms with Crippen LogP contribution in [0.25, 0.3) is 21.9 Å². The number of piperidine rings is 1. The number of hydrogen-bond donors (Lipinski definition) is 2. The summed E-state index contributed by atoms with van der Waals surface area (Å²) in [5.41, 5.74) is 5.04. The number of carbonyl (C=O) groups is 3. The first kappa shape index (κ1) is 26.0. The maximum atomic E-state index is 13.8. The first-order chi connectivity index (χ1) is 20.8. The molecular formula is C34H30N4O4S. The van der Waals surface area contributed by atoms with E-state index in [9.17, 15) is 14.4 Å². The van der Waals surface area contributed by atoms with Gasteiger partial charge in [-0.2, -0.15) is 0 Å². The lowest BCUT2D eigenvalue weighted by atomic mass is 9.88. The van der Waals surface area contributed by atoms with Gasteiger partial charge >= 0.3 is 0 Å². The molecule has 1 spiro atoms. The average Bonchev–Trinajstić information content (AvgIpc) is 3.44. The fraction of sp³-hybridized carbons (Fsp3) is 0.265. The smallest absolute Gasteiger partial charge is 0.291 e. The predicted molar refractivity (Wildman–Crippen MR) is 168 cm³/mol. The fourth-order valence-corrected chi connectivity index (χ4v) is 8.34. The Morgan fingerprint density at radius 2 is 1.93 bits per heavy atom. The van der Waals surface area contributed by atoms with Crippen molar-refractivity contribution in [2.45, 2.75) is 32.6 Å². The Hall–Kier alpha value is -4.63. The van der Waals surface area contributed by atoms with Gasteiger partial charge in [0.1, 0.15) is 11.3 Å². The molecule has 216 valence electrons. The van der Waals surface area contributed by atoms with E-state index in [0.29, 0.717) is 29.4 Å². The van der Waals surface area contributed by atoms with E-state index in [1.165, 1.54) is 0 Å². The number of aryl methyl sites for hydroxylation is 1. The van der Waals surface area contributed by atoms with Crippen molar-refractivity contribution in [1.82, 2.24) is 9.88 Å². The fourth-order valence-electron chi connectivity index (χ4n) is 7.04. The van der Waals surface area contributed by atoms with Crippen LogP contribution in [0.2, 0.25) is 0 Å². The highest BCUT2D eigenvalue weighted by molar-refractivity contribution is 7.12. The third-order valence-corrected chi connectivity index (χ3v) is 10.5. The van der Waals surface area contributed by atoms with E-state index in [-0.39, 0.29) is 28.8 Å². The van der Waals surface area contributed by atoms with Gasteiger partial charge < -0.3 is 24.5 Å². The topological polar surface area (TPSA) is 98.7 Å². The summed E-state index contributed by atoms with van der Waals surface area (Å²) >= 11 is 1.68. The lowest BCUT2D eigenvalue weighted by molar-refractivity contribution is 0.0806. The third kappa shape index (κ3) is 3.84. The van der Waals surface area contributed by atoms with E-state index in [2.05, 4.69) is 29.0 Å². The zero-order chi connectivity index (χ0) is 29.6. The molecule has 3 aromatic heterocycles. The monoisotopic (exact) mass is 590 g/mol. The van der Waals surface area contributed by atoms with Crippen LogP contribution in [0, 0.1) is 12.8 Å². The molecule has 8 nitrogen and oxygen atoms in total. The van der Waals surface area contributed by atoms with Gasteiger partial charge in [-0.25, -0.2) is 0 Å². The minimum absolute atomic E-state index is 0.0175. The van der Waals surface area contributed by atoms with Gasteiger partial charge in [0.15, 0.2) is 11.5 Å². The van der Waals surface area contributed by atoms with Crippen molar-refractivity contribution >= 4 is 62.2 Å². The first-order valence-corrected chi connectivity index (χ1v) is 15.5. The van der Waals surface area contributed by atoms with Gasteiger partial charge in [0, 0.05) is 74.4 Å². The van der Waals surface area contributed by atoms with Gasteiger partial charge in [-0.1, -0.05) is 0 Å². The summed E-state index contributed by atoms with van der Waals surface area (Å²) in [5, 5.41) is 4.61. The highest BCUT2D eigenvalue weighted by Crippen LogP contribution is 2.68. The number of H-pyrrole nitrogens is 1. The highest BCUT2D eigenvalue weighted by Gasteiger charge is 2.68. The molecule has 3 aliphatic rings. The van der Waals surface area contributed by atoms with Gasteiger partial charge in [0.2, 0.25) is 0 Å². The molecule has 1 aliphatic heterocycles. The summed E-state index contributed by atoms with van der Waals surface area (Å²) in [6, 6.07) is 17.0. The number of nitrogens with one attached hydrogen (secondary N) is 2. The van der Waals surface area contributed by atoms with Crippen LogP contribution in [-0.4, -0.2) is 47.1 Å². The maximum Gasteiger partial charge on any atom is 0.291 e. The number of likely N-dealkylation sites (tertiary alicyclic amines) is 1. The van der Waals surface area contributed by atoms with E-state index in [4.69, 9.17) is 4.42 Å². The maximum absolute atomic E-state index is 13.8. The molecule has 1 saturated carbocycles. The van der Waals surface area contributed by atoms with Gasteiger partial charge in [-0.15, -0.1) is 11.3 Å². The average molecular weight is 591 g/mol. The largest absolute Gasteiger partial charge is 0.451 e. The number of benzene rings is 2. The van der Waals surface area contributed by atoms with Gasteiger partial charge in [-0.05, 0) is 87.7 Å². The predicted octanol–water partition coefficient (Wildman–Crippen LogP) is 6.88. The van der Waals surface area contributed by atoms with Crippen molar-refractivity contribution in [3.63, 3.8) is 0 Å². The molecule has 8 rings (SSSR count). The van der Waals surface area contributed by atoms with Crippen LogP contribution in [0.5, 0.6) is 0 Å². The number of fused-ring (bicyclic) bond motifs is 3. The minimum atomic E-state index is -0.342. The van der Waals surface area contributed by atoms with Crippen LogP contribution in [0.3, 0.4) is 0 Å². The lowest BCUT2D eigenvalue weighted by Crippen LogP contribution is -2.33. The number of anilines is 2. The Balaban J connectivity index is 1.02. The second kappa shape index (κ2) is 9.18. The summed E-state index contributed by atoms with van der Waals surface area (Å²) in [4.78, 5) is 49.3. The number of allylic oxidation sites excluding steroid dienone is 2. The zero-order valence-electron chi connectivity index (χ0n) is 24.1. The number of thiophene rings is 1. The number of ketones is 1. The molecule has 9 heteroatoms. The lowest BCUT2D eigenvalue weighted by Gasteiger charge is -2.27. The molecule has 2 unspecified atom stereocenters. The van der Waals surface area contributed by atoms with E-state index in [1.807, 2.05) is 49.4 Å². The number of rotatable bonds is 6. The van der Waals surface area contributed by atoms with Crippen LogP contribution in [0.1, 0.15) is 61.4 Å². The van der Waals surface area contributed by atoms with Crippen molar-refractivity contribution < 1.29 is 18.8 Å². The first-order valence-electron chi connectivity index (χ1n) is 14.7. The number of hydrogen-bond acceptors (Lipinski definition) is 6. The summed E-state index contributed by atoms with van der Waals surface area (Å²) < 4.78 is 5.85. The van der Waals surface area contributed by atoms with Crippen LogP contribution >= 0.6 is 11.3 Å².